The summed E-state index contributed by atoms with van der Waals surface area (Å²) < 4.78 is 10.7. The average molecular weight is 413 g/mol. The number of hydrogen-bond acceptors (Lipinski definition) is 6. The SMILES string of the molecule is COCC(=O)NCC(C)Oc1ccc(CN2CCN(Cc3cccnc3)CC2)cc1. The second-order valence-electron chi connectivity index (χ2n) is 7.72. The maximum Gasteiger partial charge on any atom is 0.246 e. The quantitative estimate of drug-likeness (QED) is 0.643. The lowest BCUT2D eigenvalue weighted by molar-refractivity contribution is -0.125. The van der Waals surface area contributed by atoms with Gasteiger partial charge in [0.2, 0.25) is 5.91 Å². The zero-order chi connectivity index (χ0) is 21.2. The Labute approximate surface area is 179 Å². The number of piperazine rings is 1. The first-order chi connectivity index (χ1) is 14.6. The molecule has 1 unspecified atom stereocenters. The molecule has 0 aliphatic carbocycles. The fourth-order valence-electron chi connectivity index (χ4n) is 3.50. The smallest absolute Gasteiger partial charge is 0.246 e. The van der Waals surface area contributed by atoms with Crippen LogP contribution in [0.15, 0.2) is 48.8 Å². The molecule has 0 radical (unpaired) electrons. The number of benzene rings is 1. The average Bonchev–Trinajstić information content (AvgIpc) is 2.76. The van der Waals surface area contributed by atoms with E-state index in [4.69, 9.17) is 9.47 Å². The molecule has 2 heterocycles. The molecule has 7 nitrogen and oxygen atoms in total. The van der Waals surface area contributed by atoms with Crippen LogP contribution in [0.3, 0.4) is 0 Å². The molecule has 3 rings (SSSR count). The largest absolute Gasteiger partial charge is 0.489 e. The molecule has 1 fully saturated rings. The van der Waals surface area contributed by atoms with Crippen molar-refractivity contribution in [3.05, 3.63) is 59.9 Å². The number of nitrogens with zero attached hydrogens (tertiary/aromatic N) is 3. The van der Waals surface area contributed by atoms with E-state index in [0.717, 1.165) is 45.0 Å². The van der Waals surface area contributed by atoms with Crippen LogP contribution in [0.5, 0.6) is 5.75 Å². The van der Waals surface area contributed by atoms with Gasteiger partial charge in [-0.15, -0.1) is 0 Å². The number of hydrogen-bond donors (Lipinski definition) is 1. The predicted molar refractivity (Wildman–Crippen MR) is 116 cm³/mol. The standard InChI is InChI=1S/C23H32N4O3/c1-19(14-25-23(28)18-29-2)30-22-7-5-20(6-8-22)16-26-10-12-27(13-11-26)17-21-4-3-9-24-15-21/h3-9,15,19H,10-14,16-18H2,1-2H3,(H,25,28). The number of nitrogens with one attached hydrogen (secondary N) is 1. The van der Waals surface area contributed by atoms with Gasteiger partial charge in [-0.1, -0.05) is 18.2 Å². The molecule has 1 aliphatic heterocycles. The van der Waals surface area contributed by atoms with Crippen molar-refractivity contribution in [2.24, 2.45) is 0 Å². The van der Waals surface area contributed by atoms with E-state index in [9.17, 15) is 4.79 Å². The Morgan fingerprint density at radius 3 is 2.33 bits per heavy atom. The summed E-state index contributed by atoms with van der Waals surface area (Å²) in [5, 5.41) is 2.78. The van der Waals surface area contributed by atoms with E-state index in [-0.39, 0.29) is 18.6 Å². The van der Waals surface area contributed by atoms with E-state index in [0.29, 0.717) is 6.54 Å². The van der Waals surface area contributed by atoms with E-state index >= 15 is 0 Å². The fraction of sp³-hybridized carbons (Fsp3) is 0.478. The van der Waals surface area contributed by atoms with Crippen LogP contribution >= 0.6 is 0 Å². The number of carbonyl (C=O) groups excluding carboxylic acids is 1. The van der Waals surface area contributed by atoms with Crippen molar-refractivity contribution >= 4 is 5.91 Å². The monoisotopic (exact) mass is 412 g/mol. The summed E-state index contributed by atoms with van der Waals surface area (Å²) in [6, 6.07) is 12.4. The highest BCUT2D eigenvalue weighted by Crippen LogP contribution is 2.16. The van der Waals surface area contributed by atoms with Crippen LogP contribution in [-0.4, -0.2) is 73.2 Å². The molecule has 1 aliphatic rings. The molecular weight excluding hydrogens is 380 g/mol. The number of carbonyl (C=O) groups is 1. The highest BCUT2D eigenvalue weighted by molar-refractivity contribution is 5.77. The fourth-order valence-corrected chi connectivity index (χ4v) is 3.50. The van der Waals surface area contributed by atoms with Crippen molar-refractivity contribution in [1.29, 1.82) is 0 Å². The first kappa shape index (κ1) is 22.2. The zero-order valence-corrected chi connectivity index (χ0v) is 17.9. The summed E-state index contributed by atoms with van der Waals surface area (Å²) in [5.74, 6) is 0.678. The van der Waals surface area contributed by atoms with E-state index in [1.807, 2.05) is 37.5 Å². The Morgan fingerprint density at radius 2 is 1.73 bits per heavy atom. The third kappa shape index (κ3) is 7.40. The summed E-state index contributed by atoms with van der Waals surface area (Å²) in [6.07, 6.45) is 3.66. The predicted octanol–water partition coefficient (Wildman–Crippen LogP) is 1.93. The van der Waals surface area contributed by atoms with Crippen LogP contribution < -0.4 is 10.1 Å². The maximum atomic E-state index is 11.4. The molecule has 7 heteroatoms. The molecule has 162 valence electrons. The van der Waals surface area contributed by atoms with Crippen LogP contribution in [0, 0.1) is 0 Å². The molecule has 1 aromatic carbocycles. The number of amides is 1. The van der Waals surface area contributed by atoms with Gasteiger partial charge in [-0.3, -0.25) is 19.6 Å². The molecule has 1 amide bonds. The lowest BCUT2D eigenvalue weighted by Crippen LogP contribution is -2.45. The molecule has 1 aromatic heterocycles. The number of rotatable bonds is 10. The highest BCUT2D eigenvalue weighted by Gasteiger charge is 2.17. The van der Waals surface area contributed by atoms with Gasteiger partial charge in [0.05, 0.1) is 6.54 Å². The van der Waals surface area contributed by atoms with Crippen molar-refractivity contribution in [3.63, 3.8) is 0 Å². The number of aromatic nitrogens is 1. The molecule has 0 saturated carbocycles. The van der Waals surface area contributed by atoms with Gasteiger partial charge in [-0.25, -0.2) is 0 Å². The summed E-state index contributed by atoms with van der Waals surface area (Å²) >= 11 is 0. The maximum absolute atomic E-state index is 11.4. The Balaban J connectivity index is 1.38. The van der Waals surface area contributed by atoms with Crippen molar-refractivity contribution in [3.8, 4) is 5.75 Å². The van der Waals surface area contributed by atoms with Gasteiger partial charge in [0, 0.05) is 58.8 Å². The minimum atomic E-state index is -0.135. The van der Waals surface area contributed by atoms with Crippen LogP contribution in [0.2, 0.25) is 0 Å². The van der Waals surface area contributed by atoms with Crippen molar-refractivity contribution in [2.75, 3.05) is 46.4 Å². The highest BCUT2D eigenvalue weighted by atomic mass is 16.5. The number of methoxy groups -OCH3 is 1. The molecule has 1 N–H and O–H groups in total. The molecule has 0 spiro atoms. The van der Waals surface area contributed by atoms with E-state index in [2.05, 4.69) is 38.3 Å². The van der Waals surface area contributed by atoms with E-state index < -0.39 is 0 Å². The first-order valence-corrected chi connectivity index (χ1v) is 10.5. The molecule has 0 bridgehead atoms. The van der Waals surface area contributed by atoms with Gasteiger partial charge in [0.25, 0.3) is 0 Å². The van der Waals surface area contributed by atoms with Crippen LogP contribution in [0.1, 0.15) is 18.1 Å². The minimum Gasteiger partial charge on any atom is -0.489 e. The van der Waals surface area contributed by atoms with Gasteiger partial charge in [0.15, 0.2) is 0 Å². The van der Waals surface area contributed by atoms with Gasteiger partial charge < -0.3 is 14.8 Å². The molecule has 2 aromatic rings. The number of pyridine rings is 1. The van der Waals surface area contributed by atoms with Crippen LogP contribution in [-0.2, 0) is 22.6 Å². The zero-order valence-electron chi connectivity index (χ0n) is 17.9. The van der Waals surface area contributed by atoms with Crippen molar-refractivity contribution < 1.29 is 14.3 Å². The number of ether oxygens (including phenoxy) is 2. The molecular formula is C23H32N4O3. The lowest BCUT2D eigenvalue weighted by atomic mass is 10.2. The Hall–Kier alpha value is -2.48. The van der Waals surface area contributed by atoms with Crippen LogP contribution in [0.25, 0.3) is 0 Å². The van der Waals surface area contributed by atoms with Gasteiger partial charge >= 0.3 is 0 Å². The lowest BCUT2D eigenvalue weighted by Gasteiger charge is -2.34. The van der Waals surface area contributed by atoms with E-state index in [1.54, 1.807) is 0 Å². The molecule has 30 heavy (non-hydrogen) atoms. The van der Waals surface area contributed by atoms with Gasteiger partial charge in [-0.2, -0.15) is 0 Å². The molecule has 1 atom stereocenters. The van der Waals surface area contributed by atoms with E-state index in [1.165, 1.54) is 18.2 Å². The second kappa shape index (κ2) is 11.6. The Morgan fingerprint density at radius 1 is 1.07 bits per heavy atom. The van der Waals surface area contributed by atoms with Gasteiger partial charge in [0.1, 0.15) is 18.5 Å². The third-order valence-electron chi connectivity index (χ3n) is 5.12. The normalized spacial score (nSPS) is 16.2. The van der Waals surface area contributed by atoms with Crippen molar-refractivity contribution in [1.82, 2.24) is 20.1 Å². The summed E-state index contributed by atoms with van der Waals surface area (Å²) in [4.78, 5) is 20.6. The summed E-state index contributed by atoms with van der Waals surface area (Å²) in [5.41, 5.74) is 2.55. The van der Waals surface area contributed by atoms with Crippen LogP contribution in [0.4, 0.5) is 0 Å². The molecule has 1 saturated heterocycles. The second-order valence-corrected chi connectivity index (χ2v) is 7.72. The first-order valence-electron chi connectivity index (χ1n) is 10.5. The van der Waals surface area contributed by atoms with Crippen molar-refractivity contribution in [2.45, 2.75) is 26.1 Å². The summed E-state index contributed by atoms with van der Waals surface area (Å²) in [7, 11) is 1.50. The Bertz CT molecular complexity index is 762. The summed E-state index contributed by atoms with van der Waals surface area (Å²) in [6.45, 7) is 8.65. The van der Waals surface area contributed by atoms with Gasteiger partial charge in [-0.05, 0) is 36.2 Å². The Kier molecular flexibility index (Phi) is 8.62. The minimum absolute atomic E-state index is 0.0686. The third-order valence-corrected chi connectivity index (χ3v) is 5.12. The topological polar surface area (TPSA) is 66.9 Å².